The molecule has 0 spiro atoms. The van der Waals surface area contributed by atoms with E-state index in [9.17, 15) is 14.4 Å². The van der Waals surface area contributed by atoms with Crippen LogP contribution in [-0.4, -0.2) is 49.4 Å². The van der Waals surface area contributed by atoms with Crippen LogP contribution in [0.2, 0.25) is 0 Å². The maximum absolute atomic E-state index is 11.0. The van der Waals surface area contributed by atoms with Gasteiger partial charge < -0.3 is 5.32 Å². The van der Waals surface area contributed by atoms with Gasteiger partial charge in [0.25, 0.3) is 0 Å². The van der Waals surface area contributed by atoms with Gasteiger partial charge in [-0.3, -0.25) is 9.69 Å². The Morgan fingerprint density at radius 3 is 2.17 bits per heavy atom. The molecule has 6 heteroatoms. The van der Waals surface area contributed by atoms with Crippen LogP contribution in [-0.2, 0) is 4.79 Å². The number of hydrogen-bond acceptors (Lipinski definition) is 3. The van der Waals surface area contributed by atoms with E-state index in [4.69, 9.17) is 0 Å². The minimum atomic E-state index is -0.677. The average molecular weight is 173 g/mol. The zero-order valence-corrected chi connectivity index (χ0v) is 7.20. The molecule has 0 aromatic rings. The molecule has 68 valence electrons. The van der Waals surface area contributed by atoms with E-state index < -0.39 is 12.1 Å². The molecule has 0 bridgehead atoms. The lowest BCUT2D eigenvalue weighted by Gasteiger charge is -2.17. The van der Waals surface area contributed by atoms with E-state index in [1.807, 2.05) is 0 Å². The summed E-state index contributed by atoms with van der Waals surface area (Å²) in [6.07, 6.45) is 0.335. The van der Waals surface area contributed by atoms with Crippen LogP contribution in [0.5, 0.6) is 0 Å². The van der Waals surface area contributed by atoms with Gasteiger partial charge in [0.05, 0.1) is 0 Å². The highest BCUT2D eigenvalue weighted by Crippen LogP contribution is 1.90. The Morgan fingerprint density at radius 1 is 1.33 bits per heavy atom. The van der Waals surface area contributed by atoms with E-state index in [0.717, 1.165) is 9.80 Å². The molecular weight excluding hydrogens is 162 g/mol. The predicted molar refractivity (Wildman–Crippen MR) is 41.4 cm³/mol. The fraction of sp³-hybridized carbons (Fsp3) is 0.500. The van der Waals surface area contributed by atoms with E-state index in [-0.39, 0.29) is 0 Å². The number of nitrogens with one attached hydrogen (secondary N) is 1. The van der Waals surface area contributed by atoms with E-state index in [2.05, 4.69) is 5.32 Å². The van der Waals surface area contributed by atoms with Crippen LogP contribution in [0.4, 0.5) is 9.59 Å². The zero-order chi connectivity index (χ0) is 9.72. The molecule has 0 radical (unpaired) electrons. The third-order valence-electron chi connectivity index (χ3n) is 1.27. The summed E-state index contributed by atoms with van der Waals surface area (Å²) in [6, 6.07) is -1.24. The molecule has 0 aromatic heterocycles. The number of imide groups is 2. The monoisotopic (exact) mass is 173 g/mol. The van der Waals surface area contributed by atoms with Crippen molar-refractivity contribution >= 4 is 18.5 Å². The van der Waals surface area contributed by atoms with Crippen LogP contribution in [0.15, 0.2) is 0 Å². The Labute approximate surface area is 70.1 Å². The van der Waals surface area contributed by atoms with Crippen LogP contribution >= 0.6 is 0 Å². The molecule has 0 atom stereocenters. The van der Waals surface area contributed by atoms with Gasteiger partial charge in [-0.05, 0) is 0 Å². The molecule has 5 amide bonds. The van der Waals surface area contributed by atoms with Crippen molar-refractivity contribution in [1.82, 2.24) is 15.1 Å². The third kappa shape index (κ3) is 2.22. The summed E-state index contributed by atoms with van der Waals surface area (Å²) in [5.41, 5.74) is 0. The Bertz CT molecular complexity index is 204. The lowest BCUT2D eigenvalue weighted by atomic mass is 10.7. The van der Waals surface area contributed by atoms with Crippen molar-refractivity contribution in [3.05, 3.63) is 0 Å². The second-order valence-electron chi connectivity index (χ2n) is 2.11. The Kier molecular flexibility index (Phi) is 3.75. The first-order valence-corrected chi connectivity index (χ1v) is 3.22. The van der Waals surface area contributed by atoms with Crippen molar-refractivity contribution in [2.24, 2.45) is 0 Å². The highest BCUT2D eigenvalue weighted by molar-refractivity contribution is 5.96. The van der Waals surface area contributed by atoms with Crippen LogP contribution in [0.1, 0.15) is 0 Å². The average Bonchev–Trinajstić information content (AvgIpc) is 2.12. The van der Waals surface area contributed by atoms with Crippen molar-refractivity contribution in [2.45, 2.75) is 0 Å². The van der Waals surface area contributed by atoms with Crippen LogP contribution in [0.3, 0.4) is 0 Å². The molecule has 1 N–H and O–H groups in total. The highest BCUT2D eigenvalue weighted by atomic mass is 16.2. The summed E-state index contributed by atoms with van der Waals surface area (Å²) in [5, 5.41) is 2.25. The Morgan fingerprint density at radius 2 is 1.83 bits per heavy atom. The second kappa shape index (κ2) is 4.32. The molecule has 0 aliphatic carbocycles. The fourth-order valence-electron chi connectivity index (χ4n) is 0.536. The van der Waals surface area contributed by atoms with E-state index >= 15 is 0 Å². The Hall–Kier alpha value is -1.59. The fourth-order valence-corrected chi connectivity index (χ4v) is 0.536. The van der Waals surface area contributed by atoms with Crippen molar-refractivity contribution in [3.63, 3.8) is 0 Å². The molecule has 0 aromatic carbocycles. The summed E-state index contributed by atoms with van der Waals surface area (Å²) in [4.78, 5) is 33.5. The van der Waals surface area contributed by atoms with E-state index in [1.165, 1.54) is 21.1 Å². The highest BCUT2D eigenvalue weighted by Gasteiger charge is 2.18. The topological polar surface area (TPSA) is 69.7 Å². The van der Waals surface area contributed by atoms with E-state index in [1.54, 1.807) is 0 Å². The minimum absolute atomic E-state index is 0.335. The standard InChI is InChI=1S/C6H11N3O3/c1-7-5(11)9(3)6(12)8(2)4-10/h4H,1-3H3,(H,7,11). The second-order valence-corrected chi connectivity index (χ2v) is 2.11. The van der Waals surface area contributed by atoms with Gasteiger partial charge in [0.15, 0.2) is 0 Å². The molecule has 0 saturated heterocycles. The van der Waals surface area contributed by atoms with Gasteiger partial charge in [-0.1, -0.05) is 0 Å². The van der Waals surface area contributed by atoms with Gasteiger partial charge in [0, 0.05) is 21.1 Å². The first-order chi connectivity index (χ1) is 5.54. The number of amides is 5. The lowest BCUT2D eigenvalue weighted by Crippen LogP contribution is -2.45. The first-order valence-electron chi connectivity index (χ1n) is 3.22. The smallest absolute Gasteiger partial charge is 0.334 e. The van der Waals surface area contributed by atoms with Gasteiger partial charge in [0.1, 0.15) is 0 Å². The van der Waals surface area contributed by atoms with Crippen LogP contribution in [0.25, 0.3) is 0 Å². The zero-order valence-electron chi connectivity index (χ0n) is 7.20. The van der Waals surface area contributed by atoms with Crippen molar-refractivity contribution in [2.75, 3.05) is 21.1 Å². The summed E-state index contributed by atoms with van der Waals surface area (Å²) >= 11 is 0. The normalized spacial score (nSPS) is 8.58. The van der Waals surface area contributed by atoms with E-state index in [0.29, 0.717) is 6.41 Å². The van der Waals surface area contributed by atoms with Crippen molar-refractivity contribution < 1.29 is 14.4 Å². The SMILES string of the molecule is CNC(=O)N(C)C(=O)N(C)C=O. The molecule has 0 aliphatic heterocycles. The quantitative estimate of drug-likeness (QED) is 0.542. The molecular formula is C6H11N3O3. The largest absolute Gasteiger partial charge is 0.341 e. The molecule has 0 fully saturated rings. The summed E-state index contributed by atoms with van der Waals surface area (Å²) in [5.74, 6) is 0. The van der Waals surface area contributed by atoms with Crippen molar-refractivity contribution in [3.8, 4) is 0 Å². The number of carbonyl (C=O) groups is 3. The lowest BCUT2D eigenvalue weighted by molar-refractivity contribution is -0.114. The third-order valence-corrected chi connectivity index (χ3v) is 1.27. The molecule has 0 saturated carbocycles. The predicted octanol–water partition coefficient (Wildman–Crippen LogP) is -0.534. The molecule has 0 unspecified atom stereocenters. The minimum Gasteiger partial charge on any atom is -0.341 e. The number of nitrogens with zero attached hydrogens (tertiary/aromatic N) is 2. The number of urea groups is 2. The van der Waals surface area contributed by atoms with Gasteiger partial charge in [-0.25, -0.2) is 14.5 Å². The summed E-state index contributed by atoms with van der Waals surface area (Å²) in [7, 11) is 3.95. The van der Waals surface area contributed by atoms with Gasteiger partial charge >= 0.3 is 12.1 Å². The summed E-state index contributed by atoms with van der Waals surface area (Å²) < 4.78 is 0. The maximum Gasteiger partial charge on any atom is 0.334 e. The van der Waals surface area contributed by atoms with Crippen molar-refractivity contribution in [1.29, 1.82) is 0 Å². The molecule has 0 rings (SSSR count). The van der Waals surface area contributed by atoms with Crippen LogP contribution in [0, 0.1) is 0 Å². The van der Waals surface area contributed by atoms with Gasteiger partial charge in [0.2, 0.25) is 6.41 Å². The van der Waals surface area contributed by atoms with Gasteiger partial charge in [-0.15, -0.1) is 0 Å². The molecule has 6 nitrogen and oxygen atoms in total. The number of hydrogen-bond donors (Lipinski definition) is 1. The molecule has 0 heterocycles. The maximum atomic E-state index is 11.0. The number of carbonyl (C=O) groups excluding carboxylic acids is 3. The first kappa shape index (κ1) is 10.4. The number of rotatable bonds is 1. The molecule has 12 heavy (non-hydrogen) atoms. The van der Waals surface area contributed by atoms with Crippen LogP contribution < -0.4 is 5.32 Å². The summed E-state index contributed by atoms with van der Waals surface area (Å²) in [6.45, 7) is 0. The molecule has 0 aliphatic rings. The Balaban J connectivity index is 4.28. The van der Waals surface area contributed by atoms with Gasteiger partial charge in [-0.2, -0.15) is 0 Å².